The van der Waals surface area contributed by atoms with Crippen LogP contribution >= 0.6 is 0 Å². The third-order valence-corrected chi connectivity index (χ3v) is 4.40. The van der Waals surface area contributed by atoms with Gasteiger partial charge in [0.05, 0.1) is 12.7 Å². The molecule has 0 radical (unpaired) electrons. The molecule has 0 saturated carbocycles. The molecule has 0 spiro atoms. The minimum atomic E-state index is -3.50. The lowest BCUT2D eigenvalue weighted by atomic mass is 10.5. The number of hydrogen-bond acceptors (Lipinski definition) is 5. The van der Waals surface area contributed by atoms with Gasteiger partial charge in [-0.05, 0) is 26.0 Å². The maximum absolute atomic E-state index is 12.2. The van der Waals surface area contributed by atoms with E-state index in [1.165, 1.54) is 23.6 Å². The van der Waals surface area contributed by atoms with E-state index >= 15 is 0 Å². The standard InChI is InChI=1S/C12H21N3O3S/c1-10(2)18-8-7-15(4)19(16,17)11-5-6-12(13-3)14-9-11/h5-6,9-10H,7-8H2,1-4H3,(H,13,14). The Kier molecular flexibility index (Phi) is 5.71. The minimum Gasteiger partial charge on any atom is -0.377 e. The summed E-state index contributed by atoms with van der Waals surface area (Å²) in [6.45, 7) is 4.51. The predicted molar refractivity (Wildman–Crippen MR) is 74.7 cm³/mol. The molecule has 1 rings (SSSR count). The van der Waals surface area contributed by atoms with Crippen molar-refractivity contribution >= 4 is 15.8 Å². The van der Waals surface area contributed by atoms with Crippen LogP contribution in [-0.4, -0.2) is 51.1 Å². The largest absolute Gasteiger partial charge is 0.377 e. The molecular weight excluding hydrogens is 266 g/mol. The van der Waals surface area contributed by atoms with Gasteiger partial charge >= 0.3 is 0 Å². The number of ether oxygens (including phenoxy) is 1. The van der Waals surface area contributed by atoms with Crippen molar-refractivity contribution in [3.05, 3.63) is 18.3 Å². The van der Waals surface area contributed by atoms with Crippen molar-refractivity contribution in [2.45, 2.75) is 24.8 Å². The monoisotopic (exact) mass is 287 g/mol. The number of hydrogen-bond donors (Lipinski definition) is 1. The molecule has 0 saturated heterocycles. The Labute approximate surface area is 114 Å². The molecule has 0 bridgehead atoms. The van der Waals surface area contributed by atoms with Gasteiger partial charge in [-0.3, -0.25) is 0 Å². The Hall–Kier alpha value is -1.18. The van der Waals surface area contributed by atoms with E-state index in [0.717, 1.165) is 0 Å². The number of nitrogens with one attached hydrogen (secondary N) is 1. The van der Waals surface area contributed by atoms with Crippen molar-refractivity contribution in [2.24, 2.45) is 0 Å². The Morgan fingerprint density at radius 1 is 1.42 bits per heavy atom. The summed E-state index contributed by atoms with van der Waals surface area (Å²) in [6.07, 6.45) is 1.44. The molecule has 7 heteroatoms. The van der Waals surface area contributed by atoms with E-state index in [1.54, 1.807) is 13.1 Å². The second kappa shape index (κ2) is 6.83. The summed E-state index contributed by atoms with van der Waals surface area (Å²) in [5.41, 5.74) is 0. The minimum absolute atomic E-state index is 0.0904. The zero-order valence-electron chi connectivity index (χ0n) is 11.8. The fraction of sp³-hybridized carbons (Fsp3) is 0.583. The predicted octanol–water partition coefficient (Wildman–Crippen LogP) is 1.17. The first-order chi connectivity index (χ1) is 8.87. The SMILES string of the molecule is CNc1ccc(S(=O)(=O)N(C)CCOC(C)C)cn1. The number of anilines is 1. The average Bonchev–Trinajstić information content (AvgIpc) is 2.38. The number of likely N-dealkylation sites (N-methyl/N-ethyl adjacent to an activating group) is 1. The van der Waals surface area contributed by atoms with E-state index in [-0.39, 0.29) is 11.0 Å². The number of aromatic nitrogens is 1. The van der Waals surface area contributed by atoms with Gasteiger partial charge in [0.1, 0.15) is 10.7 Å². The molecule has 0 aliphatic rings. The molecule has 0 amide bonds. The molecule has 0 fully saturated rings. The molecule has 0 unspecified atom stereocenters. The number of pyridine rings is 1. The Bertz CT molecular complexity index is 485. The fourth-order valence-electron chi connectivity index (χ4n) is 1.40. The fourth-order valence-corrected chi connectivity index (χ4v) is 2.50. The molecule has 1 heterocycles. The molecular formula is C12H21N3O3S. The zero-order chi connectivity index (χ0) is 14.5. The Morgan fingerprint density at radius 3 is 2.58 bits per heavy atom. The van der Waals surface area contributed by atoms with Crippen LogP contribution in [0, 0.1) is 0 Å². The molecule has 0 aromatic carbocycles. The molecule has 0 aliphatic heterocycles. The summed E-state index contributed by atoms with van der Waals surface area (Å²) in [6, 6.07) is 3.17. The van der Waals surface area contributed by atoms with Crippen LogP contribution < -0.4 is 5.32 Å². The molecule has 108 valence electrons. The molecule has 0 aliphatic carbocycles. The van der Waals surface area contributed by atoms with Crippen LogP contribution in [0.25, 0.3) is 0 Å². The summed E-state index contributed by atoms with van der Waals surface area (Å²) in [7, 11) is -0.238. The second-order valence-corrected chi connectivity index (χ2v) is 6.42. The lowest BCUT2D eigenvalue weighted by Gasteiger charge is -2.18. The third kappa shape index (κ3) is 4.45. The average molecular weight is 287 g/mol. The van der Waals surface area contributed by atoms with E-state index in [1.807, 2.05) is 13.8 Å². The zero-order valence-corrected chi connectivity index (χ0v) is 12.6. The molecule has 6 nitrogen and oxygen atoms in total. The van der Waals surface area contributed by atoms with Gasteiger partial charge in [-0.1, -0.05) is 0 Å². The second-order valence-electron chi connectivity index (χ2n) is 4.38. The molecule has 1 aromatic heterocycles. The van der Waals surface area contributed by atoms with E-state index in [4.69, 9.17) is 4.74 Å². The lowest BCUT2D eigenvalue weighted by Crippen LogP contribution is -2.31. The molecule has 1 aromatic rings. The van der Waals surface area contributed by atoms with Crippen molar-refractivity contribution in [3.8, 4) is 0 Å². The highest BCUT2D eigenvalue weighted by Crippen LogP contribution is 2.14. The summed E-state index contributed by atoms with van der Waals surface area (Å²) in [5, 5.41) is 2.84. The van der Waals surface area contributed by atoms with Gasteiger partial charge in [0.25, 0.3) is 0 Å². The van der Waals surface area contributed by atoms with Gasteiger partial charge in [-0.2, -0.15) is 4.31 Å². The van der Waals surface area contributed by atoms with Crippen molar-refractivity contribution < 1.29 is 13.2 Å². The van der Waals surface area contributed by atoms with Crippen molar-refractivity contribution in [1.29, 1.82) is 0 Å². The third-order valence-electron chi connectivity index (χ3n) is 2.56. The van der Waals surface area contributed by atoms with Crippen LogP contribution in [0.2, 0.25) is 0 Å². The van der Waals surface area contributed by atoms with Crippen LogP contribution in [0.4, 0.5) is 5.82 Å². The lowest BCUT2D eigenvalue weighted by molar-refractivity contribution is 0.0737. The van der Waals surface area contributed by atoms with Gasteiger partial charge in [-0.15, -0.1) is 0 Å². The smallest absolute Gasteiger partial charge is 0.244 e. The number of rotatable bonds is 7. The van der Waals surface area contributed by atoms with Crippen LogP contribution in [0.1, 0.15) is 13.8 Å². The van der Waals surface area contributed by atoms with E-state index in [9.17, 15) is 8.42 Å². The van der Waals surface area contributed by atoms with Crippen LogP contribution in [0.5, 0.6) is 0 Å². The summed E-state index contributed by atoms with van der Waals surface area (Å²) in [4.78, 5) is 4.19. The number of sulfonamides is 1. The summed E-state index contributed by atoms with van der Waals surface area (Å²) >= 11 is 0. The highest BCUT2D eigenvalue weighted by Gasteiger charge is 2.20. The van der Waals surface area contributed by atoms with Crippen molar-refractivity contribution in [2.75, 3.05) is 32.6 Å². The Balaban J connectivity index is 2.72. The van der Waals surface area contributed by atoms with Crippen LogP contribution in [-0.2, 0) is 14.8 Å². The van der Waals surface area contributed by atoms with Crippen molar-refractivity contribution in [3.63, 3.8) is 0 Å². The van der Waals surface area contributed by atoms with E-state index in [2.05, 4.69) is 10.3 Å². The van der Waals surface area contributed by atoms with Crippen LogP contribution in [0.15, 0.2) is 23.2 Å². The first-order valence-electron chi connectivity index (χ1n) is 6.09. The van der Waals surface area contributed by atoms with Gasteiger partial charge in [-0.25, -0.2) is 13.4 Å². The van der Waals surface area contributed by atoms with Gasteiger partial charge in [0.15, 0.2) is 0 Å². The Morgan fingerprint density at radius 2 is 2.11 bits per heavy atom. The summed E-state index contributed by atoms with van der Waals surface area (Å²) in [5.74, 6) is 0.629. The summed E-state index contributed by atoms with van der Waals surface area (Å²) < 4.78 is 31.1. The first-order valence-corrected chi connectivity index (χ1v) is 7.53. The maximum atomic E-state index is 12.2. The van der Waals surface area contributed by atoms with E-state index in [0.29, 0.717) is 19.0 Å². The maximum Gasteiger partial charge on any atom is 0.244 e. The highest BCUT2D eigenvalue weighted by atomic mass is 32.2. The van der Waals surface area contributed by atoms with Crippen molar-refractivity contribution in [1.82, 2.24) is 9.29 Å². The first kappa shape index (κ1) is 15.9. The molecule has 1 N–H and O–H groups in total. The molecule has 19 heavy (non-hydrogen) atoms. The molecule has 0 atom stereocenters. The quantitative estimate of drug-likeness (QED) is 0.815. The topological polar surface area (TPSA) is 71.5 Å². The van der Waals surface area contributed by atoms with Gasteiger partial charge < -0.3 is 10.1 Å². The van der Waals surface area contributed by atoms with Gasteiger partial charge in [0.2, 0.25) is 10.0 Å². The highest BCUT2D eigenvalue weighted by molar-refractivity contribution is 7.89. The van der Waals surface area contributed by atoms with Gasteiger partial charge in [0, 0.05) is 26.8 Å². The number of nitrogens with zero attached hydrogens (tertiary/aromatic N) is 2. The van der Waals surface area contributed by atoms with Crippen LogP contribution in [0.3, 0.4) is 0 Å². The van der Waals surface area contributed by atoms with E-state index < -0.39 is 10.0 Å². The normalized spacial score (nSPS) is 12.1.